The lowest BCUT2D eigenvalue weighted by Gasteiger charge is -2.29. The molecule has 1 aromatic rings. The summed E-state index contributed by atoms with van der Waals surface area (Å²) >= 11 is 3.43. The van der Waals surface area contributed by atoms with E-state index < -0.39 is 0 Å². The van der Waals surface area contributed by atoms with Gasteiger partial charge in [-0.2, -0.15) is 0 Å². The predicted octanol–water partition coefficient (Wildman–Crippen LogP) is 3.86. The summed E-state index contributed by atoms with van der Waals surface area (Å²) in [7, 11) is 1.90. The molecule has 5 heteroatoms. The Morgan fingerprint density at radius 3 is 2.68 bits per heavy atom. The molecule has 22 heavy (non-hydrogen) atoms. The molecule has 2 unspecified atom stereocenters. The fourth-order valence-corrected chi connectivity index (χ4v) is 3.18. The van der Waals surface area contributed by atoms with Gasteiger partial charge in [-0.3, -0.25) is 4.79 Å². The topological polar surface area (TPSA) is 32.3 Å². The van der Waals surface area contributed by atoms with Crippen molar-refractivity contribution in [3.05, 3.63) is 34.3 Å². The van der Waals surface area contributed by atoms with Crippen LogP contribution in [-0.2, 0) is 11.3 Å². The van der Waals surface area contributed by atoms with Crippen molar-refractivity contribution in [2.45, 2.75) is 32.7 Å². The van der Waals surface area contributed by atoms with E-state index in [0.29, 0.717) is 24.8 Å². The van der Waals surface area contributed by atoms with Gasteiger partial charge in [-0.05, 0) is 55.5 Å². The lowest BCUT2D eigenvalue weighted by Crippen LogP contribution is -2.36. The molecule has 124 valence electrons. The number of nitrogens with one attached hydrogen (secondary N) is 1. The quantitative estimate of drug-likeness (QED) is 0.829. The van der Waals surface area contributed by atoms with Crippen LogP contribution in [0.15, 0.2) is 28.7 Å². The summed E-state index contributed by atoms with van der Waals surface area (Å²) in [6, 6.07) is 8.15. The Morgan fingerprint density at radius 2 is 2.09 bits per heavy atom. The van der Waals surface area contributed by atoms with Gasteiger partial charge in [0.1, 0.15) is 0 Å². The molecule has 2 rings (SSSR count). The van der Waals surface area contributed by atoms with Crippen LogP contribution in [0.1, 0.15) is 31.7 Å². The van der Waals surface area contributed by atoms with Crippen LogP contribution in [0.5, 0.6) is 0 Å². The second kappa shape index (κ2) is 9.53. The van der Waals surface area contributed by atoms with Crippen molar-refractivity contribution >= 4 is 34.2 Å². The van der Waals surface area contributed by atoms with Gasteiger partial charge in [0.05, 0.1) is 0 Å². The van der Waals surface area contributed by atoms with E-state index in [1.165, 1.54) is 18.4 Å². The Labute approximate surface area is 148 Å². The minimum absolute atomic E-state index is 0. The van der Waals surface area contributed by atoms with Crippen LogP contribution < -0.4 is 5.32 Å². The van der Waals surface area contributed by atoms with Crippen LogP contribution in [0, 0.1) is 11.8 Å². The summed E-state index contributed by atoms with van der Waals surface area (Å²) in [4.78, 5) is 14.2. The Balaban J connectivity index is 0.00000242. The van der Waals surface area contributed by atoms with Gasteiger partial charge in [0, 0.05) is 24.5 Å². The number of rotatable bonds is 5. The molecular formula is C17H26BrClN2O. The van der Waals surface area contributed by atoms with Crippen LogP contribution in [-0.4, -0.2) is 30.9 Å². The first-order valence-corrected chi connectivity index (χ1v) is 8.54. The zero-order chi connectivity index (χ0) is 15.2. The monoisotopic (exact) mass is 388 g/mol. The Bertz CT molecular complexity index is 460. The van der Waals surface area contributed by atoms with E-state index in [-0.39, 0.29) is 18.3 Å². The van der Waals surface area contributed by atoms with Crippen LogP contribution in [0.4, 0.5) is 0 Å². The molecule has 0 spiro atoms. The molecule has 1 aliphatic heterocycles. The third-order valence-corrected chi connectivity index (χ3v) is 4.92. The Hall–Kier alpha value is -0.580. The van der Waals surface area contributed by atoms with Crippen molar-refractivity contribution in [1.29, 1.82) is 0 Å². The molecular weight excluding hydrogens is 364 g/mol. The number of carbonyl (C=O) groups excluding carboxylic acids is 1. The third-order valence-electron chi connectivity index (χ3n) is 4.40. The van der Waals surface area contributed by atoms with Gasteiger partial charge in [-0.15, -0.1) is 12.4 Å². The molecule has 1 amide bonds. The lowest BCUT2D eigenvalue weighted by atomic mass is 9.85. The number of nitrogens with zero attached hydrogens (tertiary/aromatic N) is 1. The van der Waals surface area contributed by atoms with E-state index in [0.717, 1.165) is 17.6 Å². The molecule has 0 radical (unpaired) electrons. The molecule has 0 aromatic heterocycles. The summed E-state index contributed by atoms with van der Waals surface area (Å²) < 4.78 is 1.07. The summed E-state index contributed by atoms with van der Waals surface area (Å²) in [6.45, 7) is 5.08. The standard InChI is InChI=1S/C17H25BrN2O.ClH/c1-13(15-4-3-9-19-11-15)10-17(21)20(2)12-14-5-7-16(18)8-6-14;/h5-8,13,15,19H,3-4,9-12H2,1-2H3;1H. The molecule has 1 N–H and O–H groups in total. The number of hydrogen-bond acceptors (Lipinski definition) is 2. The van der Waals surface area contributed by atoms with Gasteiger partial charge in [0.15, 0.2) is 0 Å². The molecule has 1 heterocycles. The van der Waals surface area contributed by atoms with E-state index in [9.17, 15) is 4.79 Å². The van der Waals surface area contributed by atoms with Crippen molar-refractivity contribution < 1.29 is 4.79 Å². The van der Waals surface area contributed by atoms with Gasteiger partial charge in [0.2, 0.25) is 5.91 Å². The van der Waals surface area contributed by atoms with E-state index in [4.69, 9.17) is 0 Å². The molecule has 0 saturated carbocycles. The highest BCUT2D eigenvalue weighted by Gasteiger charge is 2.23. The van der Waals surface area contributed by atoms with Gasteiger partial charge >= 0.3 is 0 Å². The Morgan fingerprint density at radius 1 is 1.41 bits per heavy atom. The second-order valence-corrected chi connectivity index (χ2v) is 7.08. The van der Waals surface area contributed by atoms with Gasteiger partial charge in [-0.25, -0.2) is 0 Å². The molecule has 1 fully saturated rings. The highest BCUT2D eigenvalue weighted by molar-refractivity contribution is 9.10. The minimum atomic E-state index is 0. The number of halogens is 2. The van der Waals surface area contributed by atoms with Crippen molar-refractivity contribution in [2.75, 3.05) is 20.1 Å². The normalized spacial score (nSPS) is 19.1. The second-order valence-electron chi connectivity index (χ2n) is 6.16. The highest BCUT2D eigenvalue weighted by Crippen LogP contribution is 2.23. The SMILES string of the molecule is CC(CC(=O)N(C)Cc1ccc(Br)cc1)C1CCCNC1.Cl. The fourth-order valence-electron chi connectivity index (χ4n) is 2.91. The average molecular weight is 390 g/mol. The predicted molar refractivity (Wildman–Crippen MR) is 97.2 cm³/mol. The van der Waals surface area contributed by atoms with Crippen LogP contribution >= 0.6 is 28.3 Å². The van der Waals surface area contributed by atoms with Gasteiger partial charge < -0.3 is 10.2 Å². The first kappa shape index (κ1) is 19.5. The van der Waals surface area contributed by atoms with E-state index in [2.05, 4.69) is 40.3 Å². The third kappa shape index (κ3) is 5.90. The van der Waals surface area contributed by atoms with Crippen molar-refractivity contribution in [2.24, 2.45) is 11.8 Å². The van der Waals surface area contributed by atoms with Crippen molar-refractivity contribution in [3.8, 4) is 0 Å². The van der Waals surface area contributed by atoms with Crippen LogP contribution in [0.2, 0.25) is 0 Å². The fraction of sp³-hybridized carbons (Fsp3) is 0.588. The number of piperidine rings is 1. The van der Waals surface area contributed by atoms with Gasteiger partial charge in [0.25, 0.3) is 0 Å². The number of hydrogen-bond donors (Lipinski definition) is 1. The number of benzene rings is 1. The lowest BCUT2D eigenvalue weighted by molar-refractivity contribution is -0.131. The molecule has 1 saturated heterocycles. The average Bonchev–Trinajstić information content (AvgIpc) is 2.50. The smallest absolute Gasteiger partial charge is 0.222 e. The van der Waals surface area contributed by atoms with E-state index in [1.54, 1.807) is 0 Å². The highest BCUT2D eigenvalue weighted by atomic mass is 79.9. The molecule has 1 aliphatic rings. The first-order chi connectivity index (χ1) is 10.1. The molecule has 0 bridgehead atoms. The van der Waals surface area contributed by atoms with Crippen molar-refractivity contribution in [3.63, 3.8) is 0 Å². The maximum absolute atomic E-state index is 12.4. The van der Waals surface area contributed by atoms with Crippen molar-refractivity contribution in [1.82, 2.24) is 10.2 Å². The molecule has 2 atom stereocenters. The van der Waals surface area contributed by atoms with E-state index in [1.807, 2.05) is 24.1 Å². The number of carbonyl (C=O) groups is 1. The summed E-state index contributed by atoms with van der Waals surface area (Å²) in [5.41, 5.74) is 1.17. The minimum Gasteiger partial charge on any atom is -0.341 e. The summed E-state index contributed by atoms with van der Waals surface area (Å²) in [5.74, 6) is 1.34. The Kier molecular flexibility index (Phi) is 8.44. The maximum atomic E-state index is 12.4. The zero-order valence-corrected chi connectivity index (χ0v) is 15.8. The molecule has 1 aromatic carbocycles. The van der Waals surface area contributed by atoms with E-state index >= 15 is 0 Å². The largest absolute Gasteiger partial charge is 0.341 e. The molecule has 3 nitrogen and oxygen atoms in total. The van der Waals surface area contributed by atoms with Crippen LogP contribution in [0.25, 0.3) is 0 Å². The van der Waals surface area contributed by atoms with Gasteiger partial charge in [-0.1, -0.05) is 35.0 Å². The summed E-state index contributed by atoms with van der Waals surface area (Å²) in [5, 5.41) is 3.43. The number of amides is 1. The summed E-state index contributed by atoms with van der Waals surface area (Å²) in [6.07, 6.45) is 3.13. The maximum Gasteiger partial charge on any atom is 0.222 e. The molecule has 0 aliphatic carbocycles. The zero-order valence-electron chi connectivity index (χ0n) is 13.3. The first-order valence-electron chi connectivity index (χ1n) is 7.75. The van der Waals surface area contributed by atoms with Crippen LogP contribution in [0.3, 0.4) is 0 Å².